The molecule has 1 aliphatic rings. The highest BCUT2D eigenvalue weighted by Gasteiger charge is 2.38. The van der Waals surface area contributed by atoms with Gasteiger partial charge in [-0.2, -0.15) is 13.2 Å². The minimum atomic E-state index is -5.08. The summed E-state index contributed by atoms with van der Waals surface area (Å²) >= 11 is 0. The van der Waals surface area contributed by atoms with Crippen LogP contribution in [0.15, 0.2) is 0 Å². The monoisotopic (exact) mass is 277 g/mol. The largest absolute Gasteiger partial charge is 0.490 e. The summed E-state index contributed by atoms with van der Waals surface area (Å²) in [7, 11) is -2.78. The van der Waals surface area contributed by atoms with Gasteiger partial charge < -0.3 is 10.4 Å². The molecule has 0 radical (unpaired) electrons. The van der Waals surface area contributed by atoms with Gasteiger partial charge in [0.25, 0.3) is 0 Å². The summed E-state index contributed by atoms with van der Waals surface area (Å²) in [5.74, 6) is -2.44. The summed E-state index contributed by atoms with van der Waals surface area (Å²) < 4.78 is 53.4. The van der Waals surface area contributed by atoms with Crippen molar-refractivity contribution in [3.8, 4) is 0 Å². The first-order valence-corrected chi connectivity index (χ1v) is 6.60. The molecule has 102 valence electrons. The van der Waals surface area contributed by atoms with Crippen molar-refractivity contribution in [1.29, 1.82) is 0 Å². The van der Waals surface area contributed by atoms with Crippen molar-refractivity contribution in [2.45, 2.75) is 13.1 Å². The fraction of sp³-hybridized carbons (Fsp3) is 0.875. The third kappa shape index (κ3) is 7.16. The van der Waals surface area contributed by atoms with Crippen LogP contribution >= 0.6 is 0 Å². The average Bonchev–Trinajstić information content (AvgIpc) is 1.97. The van der Waals surface area contributed by atoms with Gasteiger partial charge in [0.15, 0.2) is 0 Å². The van der Waals surface area contributed by atoms with Crippen LogP contribution in [-0.4, -0.2) is 50.8 Å². The second kappa shape index (κ2) is 5.21. The van der Waals surface area contributed by atoms with Gasteiger partial charge in [-0.25, -0.2) is 13.2 Å². The van der Waals surface area contributed by atoms with Crippen LogP contribution in [0.25, 0.3) is 0 Å². The van der Waals surface area contributed by atoms with Crippen molar-refractivity contribution in [2.24, 2.45) is 5.41 Å². The molecule has 9 heteroatoms. The number of carbonyl (C=O) groups is 1. The maximum absolute atomic E-state index is 10.8. The summed E-state index contributed by atoms with van der Waals surface area (Å²) in [6.45, 7) is 3.66. The predicted molar refractivity (Wildman–Crippen MR) is 54.4 cm³/mol. The summed E-state index contributed by atoms with van der Waals surface area (Å²) in [5.41, 5.74) is 0.00752. The van der Waals surface area contributed by atoms with E-state index in [1.54, 1.807) is 0 Å². The van der Waals surface area contributed by atoms with E-state index >= 15 is 0 Å². The molecule has 2 N–H and O–H groups in total. The molecule has 0 spiro atoms. The second-order valence-electron chi connectivity index (χ2n) is 4.29. The highest BCUT2D eigenvalue weighted by atomic mass is 32.2. The van der Waals surface area contributed by atoms with Gasteiger partial charge in [0.05, 0.1) is 5.75 Å². The number of rotatable bonds is 2. The normalized spacial score (nSPS) is 18.6. The van der Waals surface area contributed by atoms with E-state index in [2.05, 4.69) is 5.32 Å². The second-order valence-corrected chi connectivity index (χ2v) is 6.43. The fourth-order valence-electron chi connectivity index (χ4n) is 1.29. The molecule has 1 saturated heterocycles. The lowest BCUT2D eigenvalue weighted by molar-refractivity contribution is -0.192. The molecule has 1 heterocycles. The Morgan fingerprint density at radius 3 is 1.82 bits per heavy atom. The molecule has 0 unspecified atom stereocenters. The molecule has 17 heavy (non-hydrogen) atoms. The van der Waals surface area contributed by atoms with Crippen LogP contribution in [0.1, 0.15) is 6.92 Å². The van der Waals surface area contributed by atoms with E-state index in [0.29, 0.717) is 5.75 Å². The molecule has 0 atom stereocenters. The van der Waals surface area contributed by atoms with Gasteiger partial charge >= 0.3 is 12.1 Å². The molecular formula is C8H14F3NO4S. The van der Waals surface area contributed by atoms with E-state index in [9.17, 15) is 21.6 Å². The topological polar surface area (TPSA) is 83.5 Å². The lowest BCUT2D eigenvalue weighted by Crippen LogP contribution is -2.54. The summed E-state index contributed by atoms with van der Waals surface area (Å²) in [4.78, 5) is 8.90. The maximum Gasteiger partial charge on any atom is 0.490 e. The van der Waals surface area contributed by atoms with Gasteiger partial charge in [0.2, 0.25) is 0 Å². The molecule has 0 amide bonds. The maximum atomic E-state index is 10.8. The first kappa shape index (κ1) is 16.2. The van der Waals surface area contributed by atoms with E-state index in [0.717, 1.165) is 13.1 Å². The van der Waals surface area contributed by atoms with Crippen molar-refractivity contribution >= 4 is 15.8 Å². The zero-order valence-electron chi connectivity index (χ0n) is 9.34. The van der Waals surface area contributed by atoms with Crippen molar-refractivity contribution in [2.75, 3.05) is 25.1 Å². The van der Waals surface area contributed by atoms with Gasteiger partial charge in [-0.3, -0.25) is 0 Å². The third-order valence-electron chi connectivity index (χ3n) is 1.96. The Labute approximate surface area is 96.9 Å². The molecule has 0 aromatic rings. The zero-order valence-corrected chi connectivity index (χ0v) is 10.2. The number of aliphatic carboxylic acids is 1. The Balaban J connectivity index is 0.000000325. The molecular weight excluding hydrogens is 263 g/mol. The molecule has 0 bridgehead atoms. The van der Waals surface area contributed by atoms with Gasteiger partial charge in [0, 0.05) is 24.8 Å². The van der Waals surface area contributed by atoms with Crippen LogP contribution in [-0.2, 0) is 14.6 Å². The SMILES string of the molecule is CC1(CS(C)(=O)=O)CNC1.O=C(O)C(F)(F)F. The zero-order chi connectivity index (χ0) is 13.9. The average molecular weight is 277 g/mol. The number of alkyl halides is 3. The van der Waals surface area contributed by atoms with Crippen LogP contribution < -0.4 is 5.32 Å². The van der Waals surface area contributed by atoms with Crippen molar-refractivity contribution < 1.29 is 31.5 Å². The molecule has 1 rings (SSSR count). The minimum absolute atomic E-state index is 0.00752. The standard InChI is InChI=1S/C6H13NO2S.C2HF3O2/c1-6(3-7-4-6)5-10(2,8)9;3-2(4,5)1(6)7/h7H,3-5H2,1-2H3;(H,6,7). The molecule has 1 fully saturated rings. The number of carboxylic acids is 1. The van der Waals surface area contributed by atoms with E-state index in [1.165, 1.54) is 6.26 Å². The van der Waals surface area contributed by atoms with Crippen molar-refractivity contribution in [1.82, 2.24) is 5.32 Å². The molecule has 1 aliphatic heterocycles. The van der Waals surface area contributed by atoms with Crippen molar-refractivity contribution in [3.63, 3.8) is 0 Å². The Kier molecular flexibility index (Phi) is 4.96. The smallest absolute Gasteiger partial charge is 0.475 e. The number of carboxylic acid groups (broad SMARTS) is 1. The van der Waals surface area contributed by atoms with Gasteiger partial charge in [0.1, 0.15) is 9.84 Å². The Morgan fingerprint density at radius 1 is 1.41 bits per heavy atom. The number of hydrogen-bond acceptors (Lipinski definition) is 4. The highest BCUT2D eigenvalue weighted by molar-refractivity contribution is 7.90. The number of hydrogen-bond donors (Lipinski definition) is 2. The summed E-state index contributed by atoms with van der Waals surface area (Å²) in [6.07, 6.45) is -3.80. The van der Waals surface area contributed by atoms with E-state index in [-0.39, 0.29) is 5.41 Å². The molecule has 5 nitrogen and oxygen atoms in total. The molecule has 0 saturated carbocycles. The van der Waals surface area contributed by atoms with Crippen LogP contribution in [0.5, 0.6) is 0 Å². The number of halogens is 3. The first-order chi connectivity index (χ1) is 7.36. The Bertz CT molecular complexity index is 373. The summed E-state index contributed by atoms with van der Waals surface area (Å²) in [5, 5.41) is 10.2. The minimum Gasteiger partial charge on any atom is -0.475 e. The van der Waals surface area contributed by atoms with Gasteiger partial charge in [-0.05, 0) is 0 Å². The fourth-order valence-corrected chi connectivity index (χ4v) is 2.76. The van der Waals surface area contributed by atoms with Crippen LogP contribution in [0.4, 0.5) is 13.2 Å². The van der Waals surface area contributed by atoms with Crippen LogP contribution in [0.2, 0.25) is 0 Å². The first-order valence-electron chi connectivity index (χ1n) is 4.54. The lowest BCUT2D eigenvalue weighted by Gasteiger charge is -2.38. The molecule has 0 aromatic heterocycles. The third-order valence-corrected chi connectivity index (χ3v) is 3.18. The van der Waals surface area contributed by atoms with E-state index < -0.39 is 22.0 Å². The molecule has 0 aromatic carbocycles. The summed E-state index contributed by atoms with van der Waals surface area (Å²) in [6, 6.07) is 0. The van der Waals surface area contributed by atoms with E-state index in [4.69, 9.17) is 9.90 Å². The Hall–Kier alpha value is -0.830. The number of nitrogens with one attached hydrogen (secondary N) is 1. The number of sulfone groups is 1. The highest BCUT2D eigenvalue weighted by Crippen LogP contribution is 2.22. The van der Waals surface area contributed by atoms with E-state index in [1.807, 2.05) is 6.92 Å². The Morgan fingerprint density at radius 2 is 1.76 bits per heavy atom. The predicted octanol–water partition coefficient (Wildman–Crippen LogP) is 0.274. The van der Waals surface area contributed by atoms with Crippen LogP contribution in [0.3, 0.4) is 0 Å². The van der Waals surface area contributed by atoms with Crippen LogP contribution in [0, 0.1) is 5.41 Å². The van der Waals surface area contributed by atoms with Gasteiger partial charge in [-0.15, -0.1) is 0 Å². The quantitative estimate of drug-likeness (QED) is 0.757. The van der Waals surface area contributed by atoms with Gasteiger partial charge in [-0.1, -0.05) is 6.92 Å². The molecule has 0 aliphatic carbocycles. The lowest BCUT2D eigenvalue weighted by atomic mass is 9.87. The van der Waals surface area contributed by atoms with Crippen molar-refractivity contribution in [3.05, 3.63) is 0 Å².